The number of aliphatic hydroxyl groups is 25. The summed E-state index contributed by atoms with van der Waals surface area (Å²) < 4.78 is 49.9. The van der Waals surface area contributed by atoms with E-state index in [2.05, 4.69) is 4.74 Å². The molecule has 6 aliphatic heterocycles. The van der Waals surface area contributed by atoms with E-state index in [0.29, 0.717) is 0 Å². The summed E-state index contributed by atoms with van der Waals surface area (Å²) in [6, 6.07) is 0. The monoisotopic (exact) mass is 1190 g/mol. The normalized spacial score (nSPS) is 45.9. The van der Waals surface area contributed by atoms with Crippen molar-refractivity contribution >= 4 is 0 Å². The molecule has 0 spiro atoms. The molecular weight excluding hydrogens is 1100 g/mol. The van der Waals surface area contributed by atoms with Gasteiger partial charge in [0.1, 0.15) is 122 Å². The van der Waals surface area contributed by atoms with Crippen molar-refractivity contribution in [3.05, 3.63) is 0 Å². The van der Waals surface area contributed by atoms with E-state index in [1.54, 1.807) is 0 Å². The lowest BCUT2D eigenvalue weighted by atomic mass is 9.87. The molecule has 31 atom stereocenters. The van der Waals surface area contributed by atoms with Crippen LogP contribution in [0.15, 0.2) is 0 Å². The molecule has 0 aromatic heterocycles. The quantitative estimate of drug-likeness (QED) is 0.0638. The lowest BCUT2D eigenvalue weighted by molar-refractivity contribution is -0.355. The highest BCUT2D eigenvalue weighted by Crippen LogP contribution is 2.31. The fourth-order valence-electron chi connectivity index (χ4n) is 8.05. The Hall–Kier alpha value is -1.40. The van der Waals surface area contributed by atoms with Crippen LogP contribution in [0.3, 0.4) is 0 Å². The first-order valence-corrected chi connectivity index (χ1v) is 25.9. The highest BCUT2D eigenvalue weighted by molar-refractivity contribution is 4.95. The maximum Gasteiger partial charge on any atom is 0.189 e. The average molecular weight is 1190 g/mol. The van der Waals surface area contributed by atoms with Crippen molar-refractivity contribution in [1.82, 2.24) is 0 Å². The summed E-state index contributed by atoms with van der Waals surface area (Å²) in [7, 11) is 0. The van der Waals surface area contributed by atoms with Crippen LogP contribution in [0.25, 0.3) is 0 Å². The first-order valence-electron chi connectivity index (χ1n) is 25.9. The van der Waals surface area contributed by atoms with Crippen LogP contribution in [-0.2, 0) is 47.4 Å². The van der Waals surface area contributed by atoms with Gasteiger partial charge >= 0.3 is 0 Å². The van der Waals surface area contributed by atoms with E-state index < -0.39 is 224 Å². The molecule has 25 N–H and O–H groups in total. The largest absolute Gasteiger partial charge is 0.394 e. The molecule has 6 rings (SSSR count). The van der Waals surface area contributed by atoms with Crippen LogP contribution in [-0.4, -0.2) is 359 Å². The maximum atomic E-state index is 9.98. The third kappa shape index (κ3) is 20.7. The van der Waals surface area contributed by atoms with Gasteiger partial charge in [0, 0.05) is 12.5 Å². The summed E-state index contributed by atoms with van der Waals surface area (Å²) >= 11 is 0. The molecule has 35 nitrogen and oxygen atoms in total. The topological polar surface area (TPSA) is 598 Å². The summed E-state index contributed by atoms with van der Waals surface area (Å²) in [5.74, 6) is -0.696. The average Bonchev–Trinajstić information content (AvgIpc) is 3.46. The van der Waals surface area contributed by atoms with Gasteiger partial charge in [0.15, 0.2) is 50.3 Å². The van der Waals surface area contributed by atoms with Gasteiger partial charge in [-0.2, -0.15) is 0 Å². The smallest absolute Gasteiger partial charge is 0.189 e. The Bertz CT molecular complexity index is 1580. The Morgan fingerprint density at radius 2 is 0.725 bits per heavy atom. The van der Waals surface area contributed by atoms with E-state index in [9.17, 15) is 123 Å². The summed E-state index contributed by atoms with van der Waals surface area (Å²) in [6.07, 6.45) is -46.4. The Balaban J connectivity index is 0.000000573. The second-order valence-corrected chi connectivity index (χ2v) is 17.9. The molecule has 6 heterocycles. The third-order valence-corrected chi connectivity index (χ3v) is 12.6. The Morgan fingerprint density at radius 1 is 0.338 bits per heavy atom. The van der Waals surface area contributed by atoms with Crippen molar-refractivity contribution in [3.8, 4) is 0 Å². The van der Waals surface area contributed by atoms with Gasteiger partial charge < -0.3 is 175 Å². The third-order valence-electron chi connectivity index (χ3n) is 12.6. The molecule has 0 aromatic rings. The summed E-state index contributed by atoms with van der Waals surface area (Å²) in [6.45, 7) is 8.98. The molecule has 0 bridgehead atoms. The molecule has 6 aliphatic rings. The Kier molecular flexibility index (Phi) is 36.3. The molecule has 6 fully saturated rings. The zero-order valence-corrected chi connectivity index (χ0v) is 44.8. The van der Waals surface area contributed by atoms with Gasteiger partial charge in [0.05, 0.1) is 51.8 Å². The summed E-state index contributed by atoms with van der Waals surface area (Å²) in [4.78, 5) is 0. The van der Waals surface area contributed by atoms with Gasteiger partial charge in [-0.15, -0.1) is 0 Å². The zero-order valence-electron chi connectivity index (χ0n) is 44.8. The maximum absolute atomic E-state index is 9.98. The van der Waals surface area contributed by atoms with Gasteiger partial charge in [-0.25, -0.2) is 0 Å². The molecule has 6 saturated heterocycles. The van der Waals surface area contributed by atoms with Gasteiger partial charge in [-0.05, 0) is 6.42 Å². The van der Waals surface area contributed by atoms with E-state index in [-0.39, 0.29) is 19.6 Å². The van der Waals surface area contributed by atoms with Gasteiger partial charge in [0.25, 0.3) is 0 Å². The van der Waals surface area contributed by atoms with Crippen LogP contribution in [0.1, 0.15) is 48.0 Å². The molecule has 0 radical (unpaired) electrons. The molecule has 480 valence electrons. The number of rotatable bonds is 16. The minimum absolute atomic E-state index is 0.0196. The first-order chi connectivity index (χ1) is 37.7. The number of aliphatic hydroxyl groups excluding tert-OH is 25. The van der Waals surface area contributed by atoms with Crippen LogP contribution in [0.5, 0.6) is 0 Å². The van der Waals surface area contributed by atoms with Crippen LogP contribution >= 0.6 is 0 Å². The Labute approximate surface area is 459 Å². The first kappa shape index (κ1) is 76.6. The van der Waals surface area contributed by atoms with E-state index in [1.165, 1.54) is 0 Å². The van der Waals surface area contributed by atoms with Gasteiger partial charge in [0.2, 0.25) is 0 Å². The highest BCUT2D eigenvalue weighted by Gasteiger charge is 2.51. The van der Waals surface area contributed by atoms with Crippen LogP contribution in [0, 0.1) is 5.92 Å². The van der Waals surface area contributed by atoms with Crippen molar-refractivity contribution in [3.63, 3.8) is 0 Å². The Morgan fingerprint density at radius 3 is 1.25 bits per heavy atom. The van der Waals surface area contributed by atoms with Crippen molar-refractivity contribution in [2.45, 2.75) is 233 Å². The van der Waals surface area contributed by atoms with Crippen molar-refractivity contribution in [1.29, 1.82) is 0 Å². The fourth-order valence-corrected chi connectivity index (χ4v) is 8.05. The SMILES string of the molecule is CC.CC.CC.OC(COC1OC(O)C(O)C(O)C1O)COC1C(O)OC(O)C(O)C1O.OCC1OC(O)C(O)C(O)C1CCOCC1OC(O)C(O)C(O)C1O.OCC1OC(OC2C(CO)OC(O)C(O)C2O)C(O)C(O)C1O. The van der Waals surface area contributed by atoms with E-state index in [1.807, 2.05) is 41.5 Å². The minimum atomic E-state index is -1.80. The number of ether oxygens (including phenoxy) is 10. The molecular formula is C45H90O35. The second-order valence-electron chi connectivity index (χ2n) is 17.9. The van der Waals surface area contributed by atoms with Crippen molar-refractivity contribution in [2.75, 3.05) is 46.2 Å². The molecule has 0 saturated carbocycles. The van der Waals surface area contributed by atoms with Gasteiger partial charge in [-0.1, -0.05) is 41.5 Å². The predicted octanol–water partition coefficient (Wildman–Crippen LogP) is -13.2. The van der Waals surface area contributed by atoms with Crippen LogP contribution < -0.4 is 0 Å². The molecule has 35 heteroatoms. The van der Waals surface area contributed by atoms with Crippen LogP contribution in [0.2, 0.25) is 0 Å². The van der Waals surface area contributed by atoms with E-state index in [4.69, 9.17) is 47.7 Å². The molecule has 80 heavy (non-hydrogen) atoms. The number of hydrogen-bond acceptors (Lipinski definition) is 35. The summed E-state index contributed by atoms with van der Waals surface area (Å²) in [5.41, 5.74) is 0. The van der Waals surface area contributed by atoms with Crippen molar-refractivity contribution < 1.29 is 175 Å². The zero-order chi connectivity index (χ0) is 61.6. The second kappa shape index (κ2) is 37.9. The summed E-state index contributed by atoms with van der Waals surface area (Å²) in [5, 5.41) is 239. The van der Waals surface area contributed by atoms with Crippen LogP contribution in [0.4, 0.5) is 0 Å². The lowest BCUT2D eigenvalue weighted by Crippen LogP contribution is -2.64. The number of hydrogen-bond donors (Lipinski definition) is 25. The molecule has 0 amide bonds. The lowest BCUT2D eigenvalue weighted by Gasteiger charge is -2.45. The molecule has 0 aromatic carbocycles. The predicted molar refractivity (Wildman–Crippen MR) is 256 cm³/mol. The standard InChI is InChI=1S/C14H26O11.C13H24O13.C12H22O11.3C2H6/c15-3-6-5(8(16)11(19)13(21)24-6)1-2-23-4-7-9(17)10(18)12(20)14(22)25-7;14-3(1-23-9-5(16)7(18)10(20)25-12(9)22)2-24-13-8(19)4(15)6(17)11(21)26-13;13-1-3-5(15)6(16)9(19)12(22-3)23-10-4(2-14)21-11(20)8(18)7(10)17;3*1-2/h5-22H,1-4H2;3-22H,1-2H2;3-20H,1-2H2;3*1-2H3. The fraction of sp³-hybridized carbons (Fsp3) is 1.00. The minimum Gasteiger partial charge on any atom is -0.394 e. The van der Waals surface area contributed by atoms with Crippen molar-refractivity contribution in [2.24, 2.45) is 5.92 Å². The molecule has 31 unspecified atom stereocenters. The molecule has 0 aliphatic carbocycles. The highest BCUT2D eigenvalue weighted by atomic mass is 16.8. The van der Waals surface area contributed by atoms with Gasteiger partial charge in [-0.3, -0.25) is 0 Å². The van der Waals surface area contributed by atoms with E-state index >= 15 is 0 Å². The van der Waals surface area contributed by atoms with E-state index in [0.717, 1.165) is 0 Å².